The Balaban J connectivity index is 1.34. The van der Waals surface area contributed by atoms with Gasteiger partial charge in [0.05, 0.1) is 16.3 Å². The molecule has 7 heteroatoms. The van der Waals surface area contributed by atoms with Crippen molar-refractivity contribution in [2.45, 2.75) is 11.9 Å². The van der Waals surface area contributed by atoms with Crippen LogP contribution in [-0.2, 0) is 4.79 Å². The van der Waals surface area contributed by atoms with Gasteiger partial charge in [0.15, 0.2) is 0 Å². The van der Waals surface area contributed by atoms with Gasteiger partial charge in [0.1, 0.15) is 0 Å². The van der Waals surface area contributed by atoms with E-state index in [0.717, 1.165) is 35.0 Å². The third kappa shape index (κ3) is 4.03. The average molecular weight is 379 g/mol. The highest BCUT2D eigenvalue weighted by Gasteiger charge is 2.22. The van der Waals surface area contributed by atoms with E-state index in [1.807, 2.05) is 29.2 Å². The van der Waals surface area contributed by atoms with Gasteiger partial charge < -0.3 is 9.80 Å². The molecule has 0 saturated carbocycles. The summed E-state index contributed by atoms with van der Waals surface area (Å²) in [4.78, 5) is 29.9. The molecule has 1 aliphatic heterocycles. The summed E-state index contributed by atoms with van der Waals surface area (Å²) in [7, 11) is 0. The molecule has 1 amide bonds. The van der Waals surface area contributed by atoms with Crippen LogP contribution in [0, 0.1) is 6.92 Å². The van der Waals surface area contributed by atoms with Gasteiger partial charge in [-0.05, 0) is 30.7 Å². The van der Waals surface area contributed by atoms with Crippen molar-refractivity contribution >= 4 is 34.5 Å². The molecule has 3 aromatic rings. The number of benzene rings is 1. The third-order valence-electron chi connectivity index (χ3n) is 4.71. The second-order valence-corrected chi connectivity index (χ2v) is 7.50. The number of carbonyl (C=O) groups excluding carboxylic acids is 1. The SMILES string of the molecule is Cc1cc(SCC(=O)N2CCN(c3ncccn3)CC2)nc2ccccc12. The second-order valence-electron chi connectivity index (χ2n) is 6.50. The highest BCUT2D eigenvalue weighted by atomic mass is 32.2. The number of hydrogen-bond donors (Lipinski definition) is 0. The van der Waals surface area contributed by atoms with Crippen molar-refractivity contribution in [1.82, 2.24) is 19.9 Å². The van der Waals surface area contributed by atoms with Gasteiger partial charge in [-0.3, -0.25) is 4.79 Å². The van der Waals surface area contributed by atoms with E-state index in [4.69, 9.17) is 0 Å². The van der Waals surface area contributed by atoms with Gasteiger partial charge in [0.25, 0.3) is 0 Å². The topological polar surface area (TPSA) is 62.2 Å². The first-order valence-electron chi connectivity index (χ1n) is 8.99. The number of rotatable bonds is 4. The van der Waals surface area contributed by atoms with E-state index in [1.54, 1.807) is 12.4 Å². The lowest BCUT2D eigenvalue weighted by atomic mass is 10.1. The summed E-state index contributed by atoms with van der Waals surface area (Å²) < 4.78 is 0. The molecule has 4 rings (SSSR count). The second kappa shape index (κ2) is 7.92. The van der Waals surface area contributed by atoms with Crippen LogP contribution in [0.4, 0.5) is 5.95 Å². The lowest BCUT2D eigenvalue weighted by Crippen LogP contribution is -2.49. The Hall–Kier alpha value is -2.67. The molecule has 1 aromatic carbocycles. The standard InChI is InChI=1S/C20H21N5OS/c1-15-13-18(23-17-6-3-2-5-16(15)17)27-14-19(26)24-9-11-25(12-10-24)20-21-7-4-8-22-20/h2-8,13H,9-12,14H2,1H3. The minimum absolute atomic E-state index is 0.154. The molecule has 0 aliphatic carbocycles. The molecule has 0 atom stereocenters. The van der Waals surface area contributed by atoms with Crippen molar-refractivity contribution in [3.05, 3.63) is 54.4 Å². The molecule has 138 valence electrons. The first-order valence-corrected chi connectivity index (χ1v) is 9.98. The number of nitrogens with zero attached hydrogens (tertiary/aromatic N) is 5. The van der Waals surface area contributed by atoms with E-state index in [1.165, 1.54) is 17.3 Å². The molecule has 1 aliphatic rings. The zero-order chi connectivity index (χ0) is 18.6. The number of fused-ring (bicyclic) bond motifs is 1. The number of amides is 1. The van der Waals surface area contributed by atoms with Crippen LogP contribution in [0.1, 0.15) is 5.56 Å². The Morgan fingerprint density at radius 1 is 1.07 bits per heavy atom. The Labute approximate surface area is 162 Å². The van der Waals surface area contributed by atoms with Gasteiger partial charge in [-0.1, -0.05) is 30.0 Å². The Kier molecular flexibility index (Phi) is 5.20. The third-order valence-corrected chi connectivity index (χ3v) is 5.61. The molecule has 1 fully saturated rings. The van der Waals surface area contributed by atoms with E-state index >= 15 is 0 Å². The Morgan fingerprint density at radius 3 is 2.59 bits per heavy atom. The van der Waals surface area contributed by atoms with Crippen LogP contribution in [0.5, 0.6) is 0 Å². The predicted molar refractivity (Wildman–Crippen MR) is 108 cm³/mol. The zero-order valence-corrected chi connectivity index (χ0v) is 16.0. The molecule has 27 heavy (non-hydrogen) atoms. The van der Waals surface area contributed by atoms with E-state index in [2.05, 4.69) is 38.9 Å². The van der Waals surface area contributed by atoms with E-state index in [-0.39, 0.29) is 5.91 Å². The smallest absolute Gasteiger partial charge is 0.233 e. The van der Waals surface area contributed by atoms with Gasteiger partial charge >= 0.3 is 0 Å². The monoisotopic (exact) mass is 379 g/mol. The molecular weight excluding hydrogens is 358 g/mol. The normalized spacial score (nSPS) is 14.6. The zero-order valence-electron chi connectivity index (χ0n) is 15.2. The summed E-state index contributed by atoms with van der Waals surface area (Å²) in [6.07, 6.45) is 3.49. The van der Waals surface area contributed by atoms with Gasteiger partial charge in [-0.15, -0.1) is 0 Å². The Bertz CT molecular complexity index is 942. The fourth-order valence-electron chi connectivity index (χ4n) is 3.23. The van der Waals surface area contributed by atoms with E-state index in [0.29, 0.717) is 18.8 Å². The summed E-state index contributed by atoms with van der Waals surface area (Å²) in [6, 6.07) is 12.0. The van der Waals surface area contributed by atoms with Crippen LogP contribution in [0.3, 0.4) is 0 Å². The molecule has 1 saturated heterocycles. The molecule has 0 radical (unpaired) electrons. The fraction of sp³-hybridized carbons (Fsp3) is 0.300. The molecular formula is C20H21N5OS. The van der Waals surface area contributed by atoms with Gasteiger partial charge in [-0.25, -0.2) is 15.0 Å². The number of piperazine rings is 1. The lowest BCUT2D eigenvalue weighted by Gasteiger charge is -2.34. The maximum absolute atomic E-state index is 12.6. The van der Waals surface area contributed by atoms with Crippen LogP contribution in [0.15, 0.2) is 53.8 Å². The molecule has 0 spiro atoms. The van der Waals surface area contributed by atoms with Crippen molar-refractivity contribution in [1.29, 1.82) is 0 Å². The van der Waals surface area contributed by atoms with Crippen LogP contribution in [0.2, 0.25) is 0 Å². The summed E-state index contributed by atoms with van der Waals surface area (Å²) in [5.74, 6) is 1.29. The number of anilines is 1. The minimum atomic E-state index is 0.154. The van der Waals surface area contributed by atoms with Crippen LogP contribution in [-0.4, -0.2) is 57.7 Å². The molecule has 0 bridgehead atoms. The number of carbonyl (C=O) groups is 1. The van der Waals surface area contributed by atoms with E-state index in [9.17, 15) is 4.79 Å². The quantitative estimate of drug-likeness (QED) is 0.650. The molecule has 6 nitrogen and oxygen atoms in total. The average Bonchev–Trinajstić information content (AvgIpc) is 2.73. The molecule has 0 unspecified atom stereocenters. The van der Waals surface area contributed by atoms with E-state index < -0.39 is 0 Å². The van der Waals surface area contributed by atoms with Gasteiger partial charge in [0, 0.05) is 44.0 Å². The minimum Gasteiger partial charge on any atom is -0.338 e. The summed E-state index contributed by atoms with van der Waals surface area (Å²) in [5, 5.41) is 2.06. The van der Waals surface area contributed by atoms with Gasteiger partial charge in [0.2, 0.25) is 11.9 Å². The number of thioether (sulfide) groups is 1. The maximum Gasteiger partial charge on any atom is 0.233 e. The van der Waals surface area contributed by atoms with Crippen molar-refractivity contribution < 1.29 is 4.79 Å². The Morgan fingerprint density at radius 2 is 1.81 bits per heavy atom. The number of hydrogen-bond acceptors (Lipinski definition) is 6. The van der Waals surface area contributed by atoms with Crippen molar-refractivity contribution in [3.8, 4) is 0 Å². The molecule has 0 N–H and O–H groups in total. The first-order chi connectivity index (χ1) is 13.2. The number of aromatic nitrogens is 3. The molecule has 2 aromatic heterocycles. The maximum atomic E-state index is 12.6. The summed E-state index contributed by atoms with van der Waals surface area (Å²) >= 11 is 1.51. The highest BCUT2D eigenvalue weighted by Crippen LogP contribution is 2.24. The van der Waals surface area contributed by atoms with Crippen LogP contribution in [0.25, 0.3) is 10.9 Å². The fourth-order valence-corrected chi connectivity index (χ4v) is 4.11. The van der Waals surface area contributed by atoms with Crippen molar-refractivity contribution in [2.24, 2.45) is 0 Å². The highest BCUT2D eigenvalue weighted by molar-refractivity contribution is 7.99. The lowest BCUT2D eigenvalue weighted by molar-refractivity contribution is -0.128. The largest absolute Gasteiger partial charge is 0.338 e. The van der Waals surface area contributed by atoms with Crippen molar-refractivity contribution in [2.75, 3.05) is 36.8 Å². The first kappa shape index (κ1) is 17.7. The summed E-state index contributed by atoms with van der Waals surface area (Å²) in [5.41, 5.74) is 2.16. The summed E-state index contributed by atoms with van der Waals surface area (Å²) in [6.45, 7) is 4.99. The number of pyridine rings is 1. The predicted octanol–water partition coefficient (Wildman–Crippen LogP) is 2.77. The molecule has 3 heterocycles. The van der Waals surface area contributed by atoms with Crippen LogP contribution >= 0.6 is 11.8 Å². The van der Waals surface area contributed by atoms with Crippen molar-refractivity contribution in [3.63, 3.8) is 0 Å². The van der Waals surface area contributed by atoms with Crippen LogP contribution < -0.4 is 4.90 Å². The van der Waals surface area contributed by atoms with Gasteiger partial charge in [-0.2, -0.15) is 0 Å². The number of aryl methyl sites for hydroxylation is 1. The number of para-hydroxylation sites is 1.